The Kier molecular flexibility index (Phi) is 9.78. The number of hydrogen-bond donors (Lipinski definition) is 4. The van der Waals surface area contributed by atoms with Crippen molar-refractivity contribution in [1.82, 2.24) is 0 Å². The third kappa shape index (κ3) is 6.59. The number of benzene rings is 4. The normalized spacial score (nSPS) is 12.2. The molecular formula is C28H26Br2N2O4. The summed E-state index contributed by atoms with van der Waals surface area (Å²) in [5.41, 5.74) is 1.91. The van der Waals surface area contributed by atoms with Crippen LogP contribution in [0.1, 0.15) is 37.2 Å². The zero-order valence-corrected chi connectivity index (χ0v) is 22.9. The molecule has 0 aliphatic rings. The molecule has 0 aliphatic carbocycles. The molecule has 4 rings (SSSR count). The zero-order valence-electron chi connectivity index (χ0n) is 19.7. The Bertz CT molecular complexity index is 1240. The minimum atomic E-state index is -1.34. The summed E-state index contributed by atoms with van der Waals surface area (Å²) >= 11 is 6.66. The summed E-state index contributed by atoms with van der Waals surface area (Å²) in [7, 11) is 0. The van der Waals surface area contributed by atoms with Crippen LogP contribution in [0.5, 0.6) is 0 Å². The highest BCUT2D eigenvalue weighted by Gasteiger charge is 2.20. The quantitative estimate of drug-likeness (QED) is 0.194. The summed E-state index contributed by atoms with van der Waals surface area (Å²) < 4.78 is 1.69. The van der Waals surface area contributed by atoms with Gasteiger partial charge in [-0.05, 0) is 47.5 Å². The highest BCUT2D eigenvalue weighted by Crippen LogP contribution is 2.31. The first-order valence-corrected chi connectivity index (χ1v) is 12.9. The second-order valence-electron chi connectivity index (χ2n) is 7.59. The van der Waals surface area contributed by atoms with Gasteiger partial charge >= 0.3 is 0 Å². The van der Waals surface area contributed by atoms with Gasteiger partial charge in [0.15, 0.2) is 12.2 Å². The molecule has 8 heteroatoms. The Morgan fingerprint density at radius 3 is 1.28 bits per heavy atom. The summed E-state index contributed by atoms with van der Waals surface area (Å²) in [5, 5.41) is 27.8. The molecule has 0 bridgehead atoms. The van der Waals surface area contributed by atoms with E-state index in [2.05, 4.69) is 42.5 Å². The molecule has 2 amide bonds. The summed E-state index contributed by atoms with van der Waals surface area (Å²) in [4.78, 5) is 25.4. The van der Waals surface area contributed by atoms with Crippen LogP contribution in [0.25, 0.3) is 10.8 Å². The summed E-state index contributed by atoms with van der Waals surface area (Å²) in [6.07, 6.45) is -2.68. The minimum absolute atomic E-state index is 0.468. The Morgan fingerprint density at radius 1 is 0.611 bits per heavy atom. The molecule has 0 saturated heterocycles. The average molecular weight is 614 g/mol. The van der Waals surface area contributed by atoms with Crippen molar-refractivity contribution in [3.63, 3.8) is 0 Å². The SMILES string of the molecule is CC.O=C(Nc1cccc2c(NC(=O)C(O)c3ccc(Br)cc3)cccc12)C(O)c1ccc(Br)cc1. The van der Waals surface area contributed by atoms with Crippen LogP contribution in [-0.2, 0) is 9.59 Å². The molecule has 2 atom stereocenters. The first-order valence-electron chi connectivity index (χ1n) is 11.3. The largest absolute Gasteiger partial charge is 0.378 e. The number of hydrogen-bond acceptors (Lipinski definition) is 4. The first-order chi connectivity index (χ1) is 17.3. The van der Waals surface area contributed by atoms with Gasteiger partial charge in [-0.3, -0.25) is 9.59 Å². The molecule has 0 aliphatic heterocycles. The van der Waals surface area contributed by atoms with Gasteiger partial charge in [0.25, 0.3) is 11.8 Å². The molecule has 0 radical (unpaired) electrons. The molecule has 6 nitrogen and oxygen atoms in total. The highest BCUT2D eigenvalue weighted by atomic mass is 79.9. The van der Waals surface area contributed by atoms with Crippen LogP contribution in [0, 0.1) is 0 Å². The van der Waals surface area contributed by atoms with Gasteiger partial charge in [-0.2, -0.15) is 0 Å². The van der Waals surface area contributed by atoms with Crippen LogP contribution in [-0.4, -0.2) is 22.0 Å². The lowest BCUT2D eigenvalue weighted by molar-refractivity contribution is -0.124. The number of aliphatic hydroxyl groups excluding tert-OH is 2. The van der Waals surface area contributed by atoms with Crippen LogP contribution in [0.3, 0.4) is 0 Å². The number of amides is 2. The molecule has 4 aromatic rings. The number of nitrogens with one attached hydrogen (secondary N) is 2. The Balaban J connectivity index is 0.00000176. The van der Waals surface area contributed by atoms with Crippen molar-refractivity contribution in [3.8, 4) is 0 Å². The van der Waals surface area contributed by atoms with Gasteiger partial charge in [-0.15, -0.1) is 0 Å². The number of carbonyl (C=O) groups excluding carboxylic acids is 2. The molecule has 36 heavy (non-hydrogen) atoms. The van der Waals surface area contributed by atoms with Crippen LogP contribution in [0.15, 0.2) is 93.9 Å². The van der Waals surface area contributed by atoms with Crippen molar-refractivity contribution >= 4 is 65.8 Å². The van der Waals surface area contributed by atoms with Gasteiger partial charge in [0.1, 0.15) is 0 Å². The van der Waals surface area contributed by atoms with Crippen molar-refractivity contribution < 1.29 is 19.8 Å². The molecule has 0 heterocycles. The Labute approximate surface area is 226 Å². The zero-order chi connectivity index (χ0) is 26.2. The number of carbonyl (C=O) groups is 2. The van der Waals surface area contributed by atoms with Gasteiger partial charge in [0, 0.05) is 31.1 Å². The molecule has 186 valence electrons. The molecule has 4 N–H and O–H groups in total. The minimum Gasteiger partial charge on any atom is -0.378 e. The van der Waals surface area contributed by atoms with E-state index in [-0.39, 0.29) is 0 Å². The fraction of sp³-hybridized carbons (Fsp3) is 0.143. The van der Waals surface area contributed by atoms with Crippen molar-refractivity contribution in [1.29, 1.82) is 0 Å². The van der Waals surface area contributed by atoms with Gasteiger partial charge < -0.3 is 20.8 Å². The van der Waals surface area contributed by atoms with E-state index in [0.717, 1.165) is 8.95 Å². The summed E-state index contributed by atoms with van der Waals surface area (Å²) in [6, 6.07) is 24.2. The first kappa shape index (κ1) is 27.5. The monoisotopic (exact) mass is 612 g/mol. The highest BCUT2D eigenvalue weighted by molar-refractivity contribution is 9.10. The third-order valence-corrected chi connectivity index (χ3v) is 6.36. The van der Waals surface area contributed by atoms with E-state index in [1.165, 1.54) is 0 Å². The van der Waals surface area contributed by atoms with E-state index in [1.54, 1.807) is 84.9 Å². The fourth-order valence-corrected chi connectivity index (χ4v) is 4.05. The maximum Gasteiger partial charge on any atom is 0.257 e. The fourth-order valence-electron chi connectivity index (χ4n) is 3.52. The van der Waals surface area contributed by atoms with Gasteiger partial charge in [0.05, 0.1) is 0 Å². The predicted molar refractivity (Wildman–Crippen MR) is 151 cm³/mol. The maximum absolute atomic E-state index is 12.7. The van der Waals surface area contributed by atoms with Crippen molar-refractivity contribution in [3.05, 3.63) is 105 Å². The number of aliphatic hydroxyl groups is 2. The Hall–Kier alpha value is -3.04. The van der Waals surface area contributed by atoms with Crippen molar-refractivity contribution in [2.45, 2.75) is 26.1 Å². The van der Waals surface area contributed by atoms with E-state index in [0.29, 0.717) is 33.3 Å². The van der Waals surface area contributed by atoms with Gasteiger partial charge in [0.2, 0.25) is 0 Å². The van der Waals surface area contributed by atoms with E-state index in [9.17, 15) is 19.8 Å². The van der Waals surface area contributed by atoms with Crippen LogP contribution in [0.4, 0.5) is 11.4 Å². The second-order valence-corrected chi connectivity index (χ2v) is 9.42. The third-order valence-electron chi connectivity index (χ3n) is 5.31. The summed E-state index contributed by atoms with van der Waals surface area (Å²) in [5.74, 6) is -1.15. The van der Waals surface area contributed by atoms with E-state index in [1.807, 2.05) is 13.8 Å². The molecule has 2 unspecified atom stereocenters. The van der Waals surface area contributed by atoms with Crippen LogP contribution in [0.2, 0.25) is 0 Å². The van der Waals surface area contributed by atoms with Crippen LogP contribution < -0.4 is 10.6 Å². The smallest absolute Gasteiger partial charge is 0.257 e. The number of fused-ring (bicyclic) bond motifs is 1. The maximum atomic E-state index is 12.7. The standard InChI is InChI=1S/C26H20Br2N2O4.C2H6/c27-17-11-7-15(8-12-17)23(31)25(33)29-21-5-1-3-19-20(21)4-2-6-22(19)30-26(34)24(32)16-9-13-18(28)14-10-16;1-2/h1-14,23-24,31-32H,(H,29,33)(H,30,34);1-2H3. The molecule has 0 saturated carbocycles. The molecule has 4 aromatic carbocycles. The molecule has 0 spiro atoms. The van der Waals surface area contributed by atoms with Gasteiger partial charge in [-0.25, -0.2) is 0 Å². The number of rotatable bonds is 6. The Morgan fingerprint density at radius 2 is 0.944 bits per heavy atom. The van der Waals surface area contributed by atoms with E-state index in [4.69, 9.17) is 0 Å². The molecule has 0 fully saturated rings. The topological polar surface area (TPSA) is 98.7 Å². The van der Waals surface area contributed by atoms with Gasteiger partial charge in [-0.1, -0.05) is 94.2 Å². The number of halogens is 2. The number of anilines is 2. The lowest BCUT2D eigenvalue weighted by Gasteiger charge is -2.16. The average Bonchev–Trinajstić information content (AvgIpc) is 2.90. The van der Waals surface area contributed by atoms with Crippen molar-refractivity contribution in [2.24, 2.45) is 0 Å². The van der Waals surface area contributed by atoms with Crippen LogP contribution >= 0.6 is 31.9 Å². The second kappa shape index (κ2) is 12.8. The molecular weight excluding hydrogens is 588 g/mol. The van der Waals surface area contributed by atoms with Crippen molar-refractivity contribution in [2.75, 3.05) is 10.6 Å². The lowest BCUT2D eigenvalue weighted by atomic mass is 10.0. The lowest BCUT2D eigenvalue weighted by Crippen LogP contribution is -2.21. The summed E-state index contributed by atoms with van der Waals surface area (Å²) in [6.45, 7) is 4.00. The van der Waals surface area contributed by atoms with E-state index >= 15 is 0 Å². The predicted octanol–water partition coefficient (Wildman–Crippen LogP) is 6.74. The van der Waals surface area contributed by atoms with E-state index < -0.39 is 24.0 Å². The molecule has 0 aromatic heterocycles.